The van der Waals surface area contributed by atoms with E-state index in [1.165, 1.54) is 18.3 Å². The quantitative estimate of drug-likeness (QED) is 0.745. The van der Waals surface area contributed by atoms with Crippen LogP contribution in [-0.4, -0.2) is 52.1 Å². The molecular weight excluding hydrogens is 347 g/mol. The van der Waals surface area contributed by atoms with E-state index in [0.717, 1.165) is 28.0 Å². The molecule has 1 aliphatic heterocycles. The Kier molecular flexibility index (Phi) is 4.43. The molecule has 0 saturated carbocycles. The van der Waals surface area contributed by atoms with E-state index in [0.29, 0.717) is 26.2 Å². The number of carbonyl (C=O) groups is 1. The van der Waals surface area contributed by atoms with Crippen molar-refractivity contribution in [1.82, 2.24) is 14.9 Å². The summed E-state index contributed by atoms with van der Waals surface area (Å²) in [5.74, 6) is 0.674. The molecule has 0 unspecified atom stereocenters. The smallest absolute Gasteiger partial charge is 0.227 e. The van der Waals surface area contributed by atoms with Crippen LogP contribution in [0.2, 0.25) is 0 Å². The summed E-state index contributed by atoms with van der Waals surface area (Å²) in [7, 11) is 0. The van der Waals surface area contributed by atoms with Crippen LogP contribution in [0.25, 0.3) is 10.9 Å². The number of rotatable bonds is 3. The predicted octanol–water partition coefficient (Wildman–Crippen LogP) is 2.61. The molecule has 1 aromatic carbocycles. The van der Waals surface area contributed by atoms with Gasteiger partial charge in [0.15, 0.2) is 0 Å². The van der Waals surface area contributed by atoms with Crippen LogP contribution in [0.4, 0.5) is 10.2 Å². The summed E-state index contributed by atoms with van der Waals surface area (Å²) in [6.07, 6.45) is 1.68. The molecule has 2 N–H and O–H groups in total. The van der Waals surface area contributed by atoms with Gasteiger partial charge in [-0.05, 0) is 42.8 Å². The zero-order valence-corrected chi connectivity index (χ0v) is 15.1. The number of pyridine rings is 1. The number of aromatic nitrogens is 2. The van der Waals surface area contributed by atoms with Gasteiger partial charge < -0.3 is 19.9 Å². The molecule has 0 radical (unpaired) electrons. The standard InChI is InChI=1S/C20H21FN4O2/c1-13-16(17-10-14(21)2-4-18(17)23-13)11-20(27)25-8-6-24(7-9-25)19-5-3-15(26)12-22-19/h2-5,10,12,23,26H,6-9,11H2,1H3. The Balaban J connectivity index is 1.44. The summed E-state index contributed by atoms with van der Waals surface area (Å²) in [5, 5.41) is 10.1. The Bertz CT molecular complexity index is 976. The van der Waals surface area contributed by atoms with Gasteiger partial charge in [-0.25, -0.2) is 9.37 Å². The number of aromatic hydroxyl groups is 1. The van der Waals surface area contributed by atoms with Gasteiger partial charge in [0, 0.05) is 42.8 Å². The molecule has 6 nitrogen and oxygen atoms in total. The van der Waals surface area contributed by atoms with E-state index in [2.05, 4.69) is 14.9 Å². The molecule has 1 amide bonds. The fourth-order valence-electron chi connectivity index (χ4n) is 3.60. The van der Waals surface area contributed by atoms with E-state index in [9.17, 15) is 14.3 Å². The molecule has 3 heterocycles. The van der Waals surface area contributed by atoms with Gasteiger partial charge in [-0.2, -0.15) is 0 Å². The third-order valence-electron chi connectivity index (χ3n) is 5.10. The minimum Gasteiger partial charge on any atom is -0.506 e. The van der Waals surface area contributed by atoms with Crippen LogP contribution in [0.15, 0.2) is 36.5 Å². The summed E-state index contributed by atoms with van der Waals surface area (Å²) < 4.78 is 13.6. The van der Waals surface area contributed by atoms with Gasteiger partial charge in [-0.3, -0.25) is 4.79 Å². The lowest BCUT2D eigenvalue weighted by Gasteiger charge is -2.35. The molecule has 0 spiro atoms. The summed E-state index contributed by atoms with van der Waals surface area (Å²) in [5.41, 5.74) is 2.60. The second-order valence-corrected chi connectivity index (χ2v) is 6.84. The molecule has 0 aliphatic carbocycles. The molecule has 1 saturated heterocycles. The van der Waals surface area contributed by atoms with Crippen molar-refractivity contribution in [3.05, 3.63) is 53.6 Å². The number of hydrogen-bond donors (Lipinski definition) is 2. The van der Waals surface area contributed by atoms with E-state index >= 15 is 0 Å². The van der Waals surface area contributed by atoms with Crippen molar-refractivity contribution in [2.24, 2.45) is 0 Å². The highest BCUT2D eigenvalue weighted by Gasteiger charge is 2.23. The molecule has 7 heteroatoms. The number of nitrogens with one attached hydrogen (secondary N) is 1. The van der Waals surface area contributed by atoms with Crippen molar-refractivity contribution in [3.63, 3.8) is 0 Å². The van der Waals surface area contributed by atoms with Crippen LogP contribution in [0, 0.1) is 12.7 Å². The number of halogens is 1. The number of fused-ring (bicyclic) bond motifs is 1. The Morgan fingerprint density at radius 2 is 2.00 bits per heavy atom. The molecule has 2 aromatic heterocycles. The van der Waals surface area contributed by atoms with Crippen LogP contribution in [0.3, 0.4) is 0 Å². The van der Waals surface area contributed by atoms with Gasteiger partial charge >= 0.3 is 0 Å². The van der Waals surface area contributed by atoms with Crippen molar-refractivity contribution in [1.29, 1.82) is 0 Å². The number of benzene rings is 1. The first kappa shape index (κ1) is 17.3. The maximum Gasteiger partial charge on any atom is 0.227 e. The molecule has 1 fully saturated rings. The minimum absolute atomic E-state index is 0.0431. The largest absolute Gasteiger partial charge is 0.506 e. The van der Waals surface area contributed by atoms with Crippen molar-refractivity contribution in [2.75, 3.05) is 31.1 Å². The van der Waals surface area contributed by atoms with Gasteiger partial charge in [0.1, 0.15) is 17.4 Å². The van der Waals surface area contributed by atoms with E-state index in [1.54, 1.807) is 18.2 Å². The van der Waals surface area contributed by atoms with Crippen LogP contribution < -0.4 is 4.90 Å². The van der Waals surface area contributed by atoms with Gasteiger partial charge in [-0.15, -0.1) is 0 Å². The van der Waals surface area contributed by atoms with E-state index in [-0.39, 0.29) is 23.9 Å². The average Bonchev–Trinajstić information content (AvgIpc) is 2.97. The number of piperazine rings is 1. The number of H-pyrrole nitrogens is 1. The first-order valence-corrected chi connectivity index (χ1v) is 8.96. The van der Waals surface area contributed by atoms with Gasteiger partial charge in [0.05, 0.1) is 12.6 Å². The number of anilines is 1. The maximum atomic E-state index is 13.6. The molecule has 4 rings (SSSR count). The monoisotopic (exact) mass is 368 g/mol. The number of aryl methyl sites for hydroxylation is 1. The molecular formula is C20H21FN4O2. The van der Waals surface area contributed by atoms with Crippen LogP contribution >= 0.6 is 0 Å². The van der Waals surface area contributed by atoms with Crippen LogP contribution in [0.1, 0.15) is 11.3 Å². The van der Waals surface area contributed by atoms with Crippen molar-refractivity contribution < 1.29 is 14.3 Å². The van der Waals surface area contributed by atoms with Crippen molar-refractivity contribution in [2.45, 2.75) is 13.3 Å². The fourth-order valence-corrected chi connectivity index (χ4v) is 3.60. The lowest BCUT2D eigenvalue weighted by molar-refractivity contribution is -0.130. The number of hydrogen-bond acceptors (Lipinski definition) is 4. The Morgan fingerprint density at radius 3 is 2.70 bits per heavy atom. The molecule has 3 aromatic rings. The number of aromatic amines is 1. The van der Waals surface area contributed by atoms with Gasteiger partial charge in [0.2, 0.25) is 5.91 Å². The molecule has 0 bridgehead atoms. The third-order valence-corrected chi connectivity index (χ3v) is 5.10. The Morgan fingerprint density at radius 1 is 1.22 bits per heavy atom. The highest BCUT2D eigenvalue weighted by Crippen LogP contribution is 2.24. The topological polar surface area (TPSA) is 72.5 Å². The first-order valence-electron chi connectivity index (χ1n) is 8.96. The molecule has 0 atom stereocenters. The first-order chi connectivity index (χ1) is 13.0. The van der Waals surface area contributed by atoms with Crippen LogP contribution in [0.5, 0.6) is 5.75 Å². The minimum atomic E-state index is -0.301. The maximum absolute atomic E-state index is 13.6. The molecule has 140 valence electrons. The number of nitrogens with zero attached hydrogens (tertiary/aromatic N) is 3. The summed E-state index contributed by atoms with van der Waals surface area (Å²) in [4.78, 5) is 24.2. The van der Waals surface area contributed by atoms with Crippen molar-refractivity contribution in [3.8, 4) is 5.75 Å². The molecule has 1 aliphatic rings. The number of carbonyl (C=O) groups excluding carboxylic acids is 1. The summed E-state index contributed by atoms with van der Waals surface area (Å²) in [6, 6.07) is 7.99. The average molecular weight is 368 g/mol. The SMILES string of the molecule is Cc1[nH]c2ccc(F)cc2c1CC(=O)N1CCN(c2ccc(O)cn2)CC1. The van der Waals surface area contributed by atoms with Gasteiger partial charge in [-0.1, -0.05) is 0 Å². The summed E-state index contributed by atoms with van der Waals surface area (Å²) >= 11 is 0. The second kappa shape index (κ2) is 6.90. The number of amides is 1. The van der Waals surface area contributed by atoms with Gasteiger partial charge in [0.25, 0.3) is 0 Å². The Labute approximate surface area is 156 Å². The van der Waals surface area contributed by atoms with Crippen molar-refractivity contribution >= 4 is 22.6 Å². The zero-order valence-electron chi connectivity index (χ0n) is 15.1. The van der Waals surface area contributed by atoms with E-state index in [4.69, 9.17) is 0 Å². The fraction of sp³-hybridized carbons (Fsp3) is 0.300. The highest BCUT2D eigenvalue weighted by atomic mass is 19.1. The third kappa shape index (κ3) is 3.45. The van der Waals surface area contributed by atoms with Crippen LogP contribution in [-0.2, 0) is 11.2 Å². The lowest BCUT2D eigenvalue weighted by atomic mass is 10.1. The van der Waals surface area contributed by atoms with E-state index in [1.807, 2.05) is 11.8 Å². The molecule has 27 heavy (non-hydrogen) atoms. The second-order valence-electron chi connectivity index (χ2n) is 6.84. The lowest BCUT2D eigenvalue weighted by Crippen LogP contribution is -2.49. The Hall–Kier alpha value is -3.09. The summed E-state index contributed by atoms with van der Waals surface area (Å²) in [6.45, 7) is 4.50. The zero-order chi connectivity index (χ0) is 19.0. The normalized spacial score (nSPS) is 14.7. The highest BCUT2D eigenvalue weighted by molar-refractivity contribution is 5.90. The predicted molar refractivity (Wildman–Crippen MR) is 101 cm³/mol. The van der Waals surface area contributed by atoms with E-state index < -0.39 is 0 Å².